The molecule has 0 bridgehead atoms. The molecule has 0 unspecified atom stereocenters. The molecule has 1 N–H and O–H groups in total. The van der Waals surface area contributed by atoms with Gasteiger partial charge in [-0.1, -0.05) is 0 Å². The molecule has 0 spiro atoms. The van der Waals surface area contributed by atoms with Crippen LogP contribution in [0.3, 0.4) is 0 Å². The minimum Gasteiger partial charge on any atom is -0.396 e. The van der Waals surface area contributed by atoms with Crippen LogP contribution in [-0.4, -0.2) is 51.2 Å². The van der Waals surface area contributed by atoms with Gasteiger partial charge < -0.3 is 20.1 Å². The molecule has 0 aromatic carbocycles. The van der Waals surface area contributed by atoms with Gasteiger partial charge in [0.05, 0.1) is 0 Å². The van der Waals surface area contributed by atoms with Crippen LogP contribution >= 0.6 is 0 Å². The first-order chi connectivity index (χ1) is 9.06. The number of aromatic nitrogens is 2. The Kier molecular flexibility index (Phi) is 6.44. The third-order valence-corrected chi connectivity index (χ3v) is 3.12. The van der Waals surface area contributed by atoms with E-state index in [1.54, 1.807) is 11.5 Å². The highest BCUT2D eigenvalue weighted by atomic mass is 16.6. The second-order valence-corrected chi connectivity index (χ2v) is 4.66. The van der Waals surface area contributed by atoms with E-state index in [-0.39, 0.29) is 12.4 Å². The van der Waals surface area contributed by atoms with Crippen LogP contribution in [-0.2, 0) is 6.54 Å². The maximum atomic E-state index is 10.8. The quantitative estimate of drug-likeness (QED) is 0.414. The Hall–Kier alpha value is -1.47. The summed E-state index contributed by atoms with van der Waals surface area (Å²) in [5, 5.41) is 19.5. The zero-order valence-corrected chi connectivity index (χ0v) is 11.6. The normalized spacial score (nSPS) is 11.2. The van der Waals surface area contributed by atoms with E-state index in [2.05, 4.69) is 9.88 Å². The van der Waals surface area contributed by atoms with E-state index in [0.29, 0.717) is 12.4 Å². The molecule has 0 fully saturated rings. The fraction of sp³-hybridized carbons (Fsp3) is 0.750. The molecule has 0 aliphatic rings. The number of nitrogens with zero attached hydrogens (tertiary/aromatic N) is 4. The van der Waals surface area contributed by atoms with Crippen molar-refractivity contribution in [1.82, 2.24) is 14.5 Å². The van der Waals surface area contributed by atoms with E-state index >= 15 is 0 Å². The van der Waals surface area contributed by atoms with Gasteiger partial charge in [-0.2, -0.15) is 0 Å². The van der Waals surface area contributed by atoms with E-state index in [0.717, 1.165) is 32.4 Å². The van der Waals surface area contributed by atoms with E-state index in [4.69, 9.17) is 5.11 Å². The summed E-state index contributed by atoms with van der Waals surface area (Å²) in [5.74, 6) is 0.714. The number of aryl methyl sites for hydroxylation is 1. The van der Waals surface area contributed by atoms with Gasteiger partial charge in [0, 0.05) is 20.1 Å². The zero-order chi connectivity index (χ0) is 14.3. The molecule has 0 aliphatic carbocycles. The number of aliphatic hydroxyl groups is 1. The molecule has 19 heavy (non-hydrogen) atoms. The summed E-state index contributed by atoms with van der Waals surface area (Å²) in [7, 11) is 2.00. The van der Waals surface area contributed by atoms with Gasteiger partial charge in [-0.25, -0.2) is 9.55 Å². The number of unbranched alkanes of at least 4 members (excludes halogenated alkanes) is 2. The monoisotopic (exact) mass is 270 g/mol. The predicted molar refractivity (Wildman–Crippen MR) is 72.1 cm³/mol. The van der Waals surface area contributed by atoms with Crippen molar-refractivity contribution in [3.05, 3.63) is 22.1 Å². The van der Waals surface area contributed by atoms with Crippen LogP contribution in [0.15, 0.2) is 6.20 Å². The highest BCUT2D eigenvalue weighted by molar-refractivity contribution is 5.18. The van der Waals surface area contributed by atoms with Crippen LogP contribution in [0, 0.1) is 17.0 Å². The van der Waals surface area contributed by atoms with Gasteiger partial charge in [0.1, 0.15) is 12.7 Å². The lowest BCUT2D eigenvalue weighted by Crippen LogP contribution is -2.25. The van der Waals surface area contributed by atoms with Crippen molar-refractivity contribution in [2.75, 3.05) is 26.7 Å². The largest absolute Gasteiger partial charge is 0.396 e. The Balaban J connectivity index is 2.39. The fourth-order valence-electron chi connectivity index (χ4n) is 1.93. The highest BCUT2D eigenvalue weighted by Crippen LogP contribution is 2.13. The maximum absolute atomic E-state index is 10.8. The van der Waals surface area contributed by atoms with Crippen molar-refractivity contribution in [2.45, 2.75) is 32.7 Å². The molecule has 0 saturated heterocycles. The number of rotatable bonds is 9. The molecule has 1 aromatic heterocycles. The smallest absolute Gasteiger partial charge is 0.342 e. The van der Waals surface area contributed by atoms with Gasteiger partial charge >= 0.3 is 5.82 Å². The van der Waals surface area contributed by atoms with Crippen molar-refractivity contribution >= 4 is 5.82 Å². The third kappa shape index (κ3) is 4.96. The molecule has 0 saturated carbocycles. The number of aliphatic hydroxyl groups excluding tert-OH is 1. The number of hydrogen-bond acceptors (Lipinski definition) is 5. The first-order valence-electron chi connectivity index (χ1n) is 6.52. The highest BCUT2D eigenvalue weighted by Gasteiger charge is 2.17. The summed E-state index contributed by atoms with van der Waals surface area (Å²) in [6, 6.07) is 0. The van der Waals surface area contributed by atoms with Crippen molar-refractivity contribution in [3.8, 4) is 0 Å². The molecule has 1 rings (SSSR count). The molecule has 108 valence electrons. The SMILES string of the molecule is Cc1ncc([N+](=O)[O-])n1CCN(C)CCCCCO. The Labute approximate surface area is 113 Å². The van der Waals surface area contributed by atoms with Gasteiger partial charge in [0.25, 0.3) is 0 Å². The summed E-state index contributed by atoms with van der Waals surface area (Å²) in [4.78, 5) is 16.5. The molecule has 7 heteroatoms. The first kappa shape index (κ1) is 15.6. The summed E-state index contributed by atoms with van der Waals surface area (Å²) in [6.45, 7) is 4.26. The minimum absolute atomic E-state index is 0.0474. The van der Waals surface area contributed by atoms with E-state index in [9.17, 15) is 10.1 Å². The number of nitro groups is 1. The van der Waals surface area contributed by atoms with E-state index in [1.165, 1.54) is 6.20 Å². The second-order valence-electron chi connectivity index (χ2n) is 4.66. The van der Waals surface area contributed by atoms with Gasteiger partial charge in [-0.3, -0.25) is 0 Å². The molecule has 1 heterocycles. The van der Waals surface area contributed by atoms with Crippen LogP contribution in [0.25, 0.3) is 0 Å². The predicted octanol–water partition coefficient (Wildman–Crippen LogP) is 1.19. The number of hydrogen-bond donors (Lipinski definition) is 1. The summed E-state index contributed by atoms with van der Waals surface area (Å²) < 4.78 is 1.63. The number of imidazole rings is 1. The summed E-state index contributed by atoms with van der Waals surface area (Å²) in [6.07, 6.45) is 4.17. The average molecular weight is 270 g/mol. The van der Waals surface area contributed by atoms with Gasteiger partial charge in [0.2, 0.25) is 0 Å². The van der Waals surface area contributed by atoms with Crippen LogP contribution < -0.4 is 0 Å². The molecule has 0 atom stereocenters. The minimum atomic E-state index is -0.402. The zero-order valence-electron chi connectivity index (χ0n) is 11.6. The lowest BCUT2D eigenvalue weighted by molar-refractivity contribution is -0.392. The Bertz CT molecular complexity index is 406. The molecular weight excluding hydrogens is 248 g/mol. The van der Waals surface area contributed by atoms with Gasteiger partial charge in [0.15, 0.2) is 5.82 Å². The average Bonchev–Trinajstić information content (AvgIpc) is 2.74. The Morgan fingerprint density at radius 1 is 1.42 bits per heavy atom. The van der Waals surface area contributed by atoms with Crippen molar-refractivity contribution in [1.29, 1.82) is 0 Å². The first-order valence-corrected chi connectivity index (χ1v) is 6.52. The lowest BCUT2D eigenvalue weighted by Gasteiger charge is -2.15. The van der Waals surface area contributed by atoms with E-state index < -0.39 is 4.92 Å². The Morgan fingerprint density at radius 2 is 2.16 bits per heavy atom. The molecule has 0 aliphatic heterocycles. The van der Waals surface area contributed by atoms with Crippen molar-refractivity contribution in [2.24, 2.45) is 0 Å². The summed E-state index contributed by atoms with van der Waals surface area (Å²) >= 11 is 0. The standard InChI is InChI=1S/C12H22N4O3/c1-11-13-10-12(16(18)19)15(11)8-7-14(2)6-4-3-5-9-17/h10,17H,3-9H2,1-2H3. The van der Waals surface area contributed by atoms with Crippen LogP contribution in [0.2, 0.25) is 0 Å². The van der Waals surface area contributed by atoms with Crippen molar-refractivity contribution in [3.63, 3.8) is 0 Å². The summed E-state index contributed by atoms with van der Waals surface area (Å²) in [5.41, 5.74) is 0. The molecule has 1 aromatic rings. The van der Waals surface area contributed by atoms with Gasteiger partial charge in [-0.15, -0.1) is 0 Å². The molecule has 0 amide bonds. The lowest BCUT2D eigenvalue weighted by atomic mass is 10.2. The molecular formula is C12H22N4O3. The fourth-order valence-corrected chi connectivity index (χ4v) is 1.93. The van der Waals surface area contributed by atoms with Crippen LogP contribution in [0.1, 0.15) is 25.1 Å². The van der Waals surface area contributed by atoms with Crippen LogP contribution in [0.4, 0.5) is 5.82 Å². The molecule has 0 radical (unpaired) electrons. The van der Waals surface area contributed by atoms with Crippen LogP contribution in [0.5, 0.6) is 0 Å². The van der Waals surface area contributed by atoms with E-state index in [1.807, 2.05) is 7.05 Å². The van der Waals surface area contributed by atoms with Crippen molar-refractivity contribution < 1.29 is 10.0 Å². The Morgan fingerprint density at radius 3 is 2.79 bits per heavy atom. The topological polar surface area (TPSA) is 84.4 Å². The third-order valence-electron chi connectivity index (χ3n) is 3.12. The second kappa shape index (κ2) is 7.85. The molecule has 7 nitrogen and oxygen atoms in total. The number of likely N-dealkylation sites (N-methyl/N-ethyl adjacent to an activating group) is 1. The van der Waals surface area contributed by atoms with Gasteiger partial charge in [-0.05, 0) is 37.8 Å². The maximum Gasteiger partial charge on any atom is 0.342 e.